The van der Waals surface area contributed by atoms with Gasteiger partial charge in [0.25, 0.3) is 0 Å². The highest BCUT2D eigenvalue weighted by atomic mass is 16.2. The number of aryl methyl sites for hydroxylation is 1. The summed E-state index contributed by atoms with van der Waals surface area (Å²) in [5.74, 6) is 0.396. The van der Waals surface area contributed by atoms with Gasteiger partial charge in [0.2, 0.25) is 5.91 Å². The van der Waals surface area contributed by atoms with E-state index in [0.29, 0.717) is 5.82 Å². The zero-order valence-electron chi connectivity index (χ0n) is 9.84. The highest BCUT2D eigenvalue weighted by Crippen LogP contribution is 2.26. The van der Waals surface area contributed by atoms with Gasteiger partial charge in [0.05, 0.1) is 0 Å². The van der Waals surface area contributed by atoms with Crippen molar-refractivity contribution in [1.82, 2.24) is 9.78 Å². The summed E-state index contributed by atoms with van der Waals surface area (Å²) in [5.41, 5.74) is 7.64. The molecule has 2 heterocycles. The fraction of sp³-hybridized carbons (Fsp3) is 0.231. The fourth-order valence-electron chi connectivity index (χ4n) is 2.28. The van der Waals surface area contributed by atoms with Crippen molar-refractivity contribution in [3.05, 3.63) is 42.1 Å². The van der Waals surface area contributed by atoms with E-state index in [1.807, 2.05) is 24.3 Å². The number of carbonyl (C=O) groups excluding carboxylic acids is 1. The zero-order chi connectivity index (χ0) is 12.5. The van der Waals surface area contributed by atoms with Crippen LogP contribution >= 0.6 is 0 Å². The van der Waals surface area contributed by atoms with Crippen molar-refractivity contribution in [2.24, 2.45) is 0 Å². The third-order valence-corrected chi connectivity index (χ3v) is 3.21. The summed E-state index contributed by atoms with van der Waals surface area (Å²) in [7, 11) is 0. The molecule has 0 bridgehead atoms. The molecule has 0 saturated carbocycles. The van der Waals surface area contributed by atoms with Gasteiger partial charge in [0.1, 0.15) is 11.9 Å². The van der Waals surface area contributed by atoms with Gasteiger partial charge in [-0.05, 0) is 30.5 Å². The second-order valence-corrected chi connectivity index (χ2v) is 4.42. The van der Waals surface area contributed by atoms with E-state index in [-0.39, 0.29) is 11.9 Å². The Kier molecular flexibility index (Phi) is 2.51. The minimum Gasteiger partial charge on any atom is -0.382 e. The summed E-state index contributed by atoms with van der Waals surface area (Å²) in [4.78, 5) is 12.2. The predicted octanol–water partition coefficient (Wildman–Crippen LogP) is 1.59. The molecular formula is C13H14N4O. The fourth-order valence-corrected chi connectivity index (χ4v) is 2.28. The Balaban J connectivity index is 1.91. The summed E-state index contributed by atoms with van der Waals surface area (Å²) >= 11 is 0. The molecule has 92 valence electrons. The molecule has 18 heavy (non-hydrogen) atoms. The monoisotopic (exact) mass is 242 g/mol. The lowest BCUT2D eigenvalue weighted by Crippen LogP contribution is -2.25. The molecular weight excluding hydrogens is 228 g/mol. The minimum absolute atomic E-state index is 0.0388. The number of anilines is 2. The number of para-hydroxylation sites is 1. The van der Waals surface area contributed by atoms with Crippen LogP contribution in [0.3, 0.4) is 0 Å². The number of nitrogens with two attached hydrogens (primary N) is 1. The van der Waals surface area contributed by atoms with Crippen molar-refractivity contribution in [2.45, 2.75) is 18.9 Å². The number of hydrogen-bond donors (Lipinski definition) is 2. The topological polar surface area (TPSA) is 72.9 Å². The SMILES string of the molecule is Nc1ccn(C2CCc3ccccc3NC2=O)n1. The lowest BCUT2D eigenvalue weighted by atomic mass is 10.1. The van der Waals surface area contributed by atoms with Crippen molar-refractivity contribution in [3.8, 4) is 0 Å². The van der Waals surface area contributed by atoms with E-state index >= 15 is 0 Å². The van der Waals surface area contributed by atoms with E-state index in [2.05, 4.69) is 10.4 Å². The van der Waals surface area contributed by atoms with Gasteiger partial charge < -0.3 is 11.1 Å². The molecule has 1 unspecified atom stereocenters. The summed E-state index contributed by atoms with van der Waals surface area (Å²) in [6, 6.07) is 9.27. The third kappa shape index (κ3) is 1.84. The lowest BCUT2D eigenvalue weighted by Gasteiger charge is -2.13. The molecule has 3 N–H and O–H groups in total. The summed E-state index contributed by atoms with van der Waals surface area (Å²) < 4.78 is 1.64. The number of fused-ring (bicyclic) bond motifs is 1. The van der Waals surface area contributed by atoms with Gasteiger partial charge in [-0.1, -0.05) is 18.2 Å². The van der Waals surface area contributed by atoms with Crippen LogP contribution in [0.25, 0.3) is 0 Å². The average molecular weight is 242 g/mol. The first-order chi connectivity index (χ1) is 8.74. The molecule has 0 spiro atoms. The molecule has 2 aromatic rings. The maximum absolute atomic E-state index is 12.2. The van der Waals surface area contributed by atoms with Crippen molar-refractivity contribution >= 4 is 17.4 Å². The molecule has 1 aromatic heterocycles. The van der Waals surface area contributed by atoms with E-state index in [1.54, 1.807) is 16.9 Å². The number of nitrogen functional groups attached to an aromatic ring is 1. The minimum atomic E-state index is -0.297. The molecule has 1 aromatic carbocycles. The number of hydrogen-bond acceptors (Lipinski definition) is 3. The molecule has 3 rings (SSSR count). The quantitative estimate of drug-likeness (QED) is 0.797. The van der Waals surface area contributed by atoms with Gasteiger partial charge in [-0.15, -0.1) is 0 Å². The van der Waals surface area contributed by atoms with Gasteiger partial charge >= 0.3 is 0 Å². The molecule has 1 amide bonds. The van der Waals surface area contributed by atoms with Crippen LogP contribution in [0.4, 0.5) is 11.5 Å². The van der Waals surface area contributed by atoms with Crippen LogP contribution in [0.15, 0.2) is 36.5 Å². The Hall–Kier alpha value is -2.30. The highest BCUT2D eigenvalue weighted by Gasteiger charge is 2.25. The highest BCUT2D eigenvalue weighted by molar-refractivity contribution is 5.95. The molecule has 0 radical (unpaired) electrons. The van der Waals surface area contributed by atoms with Gasteiger partial charge in [0, 0.05) is 11.9 Å². The largest absolute Gasteiger partial charge is 0.382 e. The van der Waals surface area contributed by atoms with Crippen molar-refractivity contribution in [2.75, 3.05) is 11.1 Å². The number of carbonyl (C=O) groups is 1. The van der Waals surface area contributed by atoms with E-state index in [0.717, 1.165) is 24.1 Å². The molecule has 0 fully saturated rings. The maximum Gasteiger partial charge on any atom is 0.249 e. The van der Waals surface area contributed by atoms with Gasteiger partial charge in [-0.2, -0.15) is 5.10 Å². The second-order valence-electron chi connectivity index (χ2n) is 4.42. The number of nitrogens with zero attached hydrogens (tertiary/aromatic N) is 2. The van der Waals surface area contributed by atoms with Crippen molar-refractivity contribution < 1.29 is 4.79 Å². The van der Waals surface area contributed by atoms with E-state index < -0.39 is 0 Å². The van der Waals surface area contributed by atoms with Gasteiger partial charge in [-0.3, -0.25) is 9.48 Å². The summed E-state index contributed by atoms with van der Waals surface area (Å²) in [5, 5.41) is 7.06. The van der Waals surface area contributed by atoms with Crippen LogP contribution in [0.1, 0.15) is 18.0 Å². The van der Waals surface area contributed by atoms with Crippen LogP contribution in [-0.2, 0) is 11.2 Å². The molecule has 1 aliphatic heterocycles. The molecule has 0 saturated heterocycles. The van der Waals surface area contributed by atoms with E-state index in [4.69, 9.17) is 5.73 Å². The first-order valence-electron chi connectivity index (χ1n) is 5.93. The Bertz CT molecular complexity index is 590. The van der Waals surface area contributed by atoms with Crippen molar-refractivity contribution in [1.29, 1.82) is 0 Å². The Morgan fingerprint density at radius 2 is 2.17 bits per heavy atom. The predicted molar refractivity (Wildman–Crippen MR) is 69.1 cm³/mol. The van der Waals surface area contributed by atoms with Crippen LogP contribution < -0.4 is 11.1 Å². The number of amides is 1. The number of nitrogens with one attached hydrogen (secondary N) is 1. The Morgan fingerprint density at radius 3 is 2.94 bits per heavy atom. The van der Waals surface area contributed by atoms with Crippen molar-refractivity contribution in [3.63, 3.8) is 0 Å². The molecule has 1 atom stereocenters. The molecule has 5 nitrogen and oxygen atoms in total. The molecule has 5 heteroatoms. The lowest BCUT2D eigenvalue weighted by molar-refractivity contribution is -0.119. The summed E-state index contributed by atoms with van der Waals surface area (Å²) in [6.45, 7) is 0. The van der Waals surface area contributed by atoms with Gasteiger partial charge in [-0.25, -0.2) is 0 Å². The Morgan fingerprint density at radius 1 is 1.33 bits per heavy atom. The zero-order valence-corrected chi connectivity index (χ0v) is 9.84. The first kappa shape index (κ1) is 10.8. The molecule has 1 aliphatic rings. The number of rotatable bonds is 1. The third-order valence-electron chi connectivity index (χ3n) is 3.21. The van der Waals surface area contributed by atoms with Crippen LogP contribution in [0.5, 0.6) is 0 Å². The van der Waals surface area contributed by atoms with E-state index in [9.17, 15) is 4.79 Å². The maximum atomic E-state index is 12.2. The Labute approximate surface area is 105 Å². The second kappa shape index (κ2) is 4.18. The van der Waals surface area contributed by atoms with Crippen LogP contribution in [-0.4, -0.2) is 15.7 Å². The average Bonchev–Trinajstić information content (AvgIpc) is 2.70. The van der Waals surface area contributed by atoms with Crippen LogP contribution in [0, 0.1) is 0 Å². The van der Waals surface area contributed by atoms with Gasteiger partial charge in [0.15, 0.2) is 0 Å². The molecule has 0 aliphatic carbocycles. The van der Waals surface area contributed by atoms with Crippen LogP contribution in [0.2, 0.25) is 0 Å². The normalized spacial score (nSPS) is 18.9. The standard InChI is InChI=1S/C13H14N4O/c14-12-7-8-17(16-12)11-6-5-9-3-1-2-4-10(9)15-13(11)18/h1-4,7-8,11H,5-6H2,(H2,14,16)(H,15,18). The first-order valence-corrected chi connectivity index (χ1v) is 5.93. The van der Waals surface area contributed by atoms with E-state index in [1.165, 1.54) is 0 Å². The number of aromatic nitrogens is 2. The summed E-state index contributed by atoms with van der Waals surface area (Å²) in [6.07, 6.45) is 3.32. The number of benzene rings is 1. The smallest absolute Gasteiger partial charge is 0.249 e.